The zero-order valence-electron chi connectivity index (χ0n) is 14.5. The van der Waals surface area contributed by atoms with Crippen LogP contribution < -0.4 is 10.1 Å². The Morgan fingerprint density at radius 1 is 1.42 bits per heavy atom. The Kier molecular flexibility index (Phi) is 6.25. The number of amides is 2. The van der Waals surface area contributed by atoms with Gasteiger partial charge in [0.05, 0.1) is 12.8 Å². The van der Waals surface area contributed by atoms with Gasteiger partial charge in [-0.1, -0.05) is 17.8 Å². The number of nitrogens with zero attached hydrogens (tertiary/aromatic N) is 2. The van der Waals surface area contributed by atoms with Crippen molar-refractivity contribution in [3.8, 4) is 5.75 Å². The molecule has 6 nitrogen and oxygen atoms in total. The van der Waals surface area contributed by atoms with Gasteiger partial charge in [0.25, 0.3) is 0 Å². The van der Waals surface area contributed by atoms with Crippen molar-refractivity contribution in [1.82, 2.24) is 4.90 Å². The SMILES string of the molecule is CCN=C1SC(CC(=O)Nc2cc(C)ccc2OC)C(=O)N1CC. The van der Waals surface area contributed by atoms with Crippen molar-refractivity contribution in [2.45, 2.75) is 32.4 Å². The summed E-state index contributed by atoms with van der Waals surface area (Å²) in [5.41, 5.74) is 1.64. The average Bonchev–Trinajstić information content (AvgIpc) is 2.83. The van der Waals surface area contributed by atoms with E-state index in [1.807, 2.05) is 39.0 Å². The maximum absolute atomic E-state index is 12.4. The third-order valence-electron chi connectivity index (χ3n) is 3.63. The lowest BCUT2D eigenvalue weighted by atomic mass is 10.2. The first-order valence-corrected chi connectivity index (χ1v) is 8.85. The van der Waals surface area contributed by atoms with E-state index in [4.69, 9.17) is 4.74 Å². The van der Waals surface area contributed by atoms with Gasteiger partial charge >= 0.3 is 0 Å². The highest BCUT2D eigenvalue weighted by atomic mass is 32.2. The maximum Gasteiger partial charge on any atom is 0.242 e. The molecular weight excluding hydrogens is 326 g/mol. The molecule has 1 saturated heterocycles. The van der Waals surface area contributed by atoms with Gasteiger partial charge in [0.15, 0.2) is 5.17 Å². The lowest BCUT2D eigenvalue weighted by Crippen LogP contribution is -2.33. The first-order valence-electron chi connectivity index (χ1n) is 7.97. The van der Waals surface area contributed by atoms with Crippen molar-refractivity contribution >= 4 is 34.4 Å². The molecule has 0 radical (unpaired) electrons. The number of methoxy groups -OCH3 is 1. The van der Waals surface area contributed by atoms with E-state index < -0.39 is 5.25 Å². The van der Waals surface area contributed by atoms with Gasteiger partial charge in [-0.15, -0.1) is 0 Å². The maximum atomic E-state index is 12.4. The van der Waals surface area contributed by atoms with Crippen LogP contribution in [0.4, 0.5) is 5.69 Å². The molecule has 1 aromatic carbocycles. The van der Waals surface area contributed by atoms with E-state index in [9.17, 15) is 9.59 Å². The summed E-state index contributed by atoms with van der Waals surface area (Å²) >= 11 is 1.36. The predicted octanol–water partition coefficient (Wildman–Crippen LogP) is 2.67. The number of rotatable bonds is 6. The monoisotopic (exact) mass is 349 g/mol. The predicted molar refractivity (Wildman–Crippen MR) is 97.7 cm³/mol. The topological polar surface area (TPSA) is 71.0 Å². The highest BCUT2D eigenvalue weighted by Gasteiger charge is 2.38. The van der Waals surface area contributed by atoms with Gasteiger partial charge in [0.1, 0.15) is 11.0 Å². The van der Waals surface area contributed by atoms with Crippen LogP contribution in [0.5, 0.6) is 5.75 Å². The summed E-state index contributed by atoms with van der Waals surface area (Å²) in [6.45, 7) is 6.96. The van der Waals surface area contributed by atoms with Crippen molar-refractivity contribution in [1.29, 1.82) is 0 Å². The molecule has 0 bridgehead atoms. The molecule has 0 spiro atoms. The summed E-state index contributed by atoms with van der Waals surface area (Å²) in [7, 11) is 1.56. The Morgan fingerprint density at radius 2 is 2.17 bits per heavy atom. The minimum absolute atomic E-state index is 0.0546. The van der Waals surface area contributed by atoms with Crippen LogP contribution in [0.25, 0.3) is 0 Å². The van der Waals surface area contributed by atoms with E-state index in [2.05, 4.69) is 10.3 Å². The molecule has 1 N–H and O–H groups in total. The number of benzene rings is 1. The van der Waals surface area contributed by atoms with E-state index in [0.717, 1.165) is 5.56 Å². The summed E-state index contributed by atoms with van der Waals surface area (Å²) in [6.07, 6.45) is 0.111. The Bertz CT molecular complexity index is 660. The fourth-order valence-electron chi connectivity index (χ4n) is 2.48. The van der Waals surface area contributed by atoms with Gasteiger partial charge in [-0.2, -0.15) is 0 Å². The first-order chi connectivity index (χ1) is 11.5. The Hall–Kier alpha value is -2.02. The van der Waals surface area contributed by atoms with Gasteiger partial charge in [-0.3, -0.25) is 19.5 Å². The fraction of sp³-hybridized carbons (Fsp3) is 0.471. The van der Waals surface area contributed by atoms with Crippen molar-refractivity contribution < 1.29 is 14.3 Å². The molecule has 1 aromatic rings. The molecule has 24 heavy (non-hydrogen) atoms. The molecule has 1 heterocycles. The molecule has 0 aliphatic carbocycles. The molecule has 1 unspecified atom stereocenters. The molecule has 2 amide bonds. The number of nitrogens with one attached hydrogen (secondary N) is 1. The van der Waals surface area contributed by atoms with Gasteiger partial charge in [-0.05, 0) is 38.5 Å². The lowest BCUT2D eigenvalue weighted by molar-refractivity contribution is -0.128. The van der Waals surface area contributed by atoms with E-state index in [0.29, 0.717) is 29.7 Å². The second-order valence-corrected chi connectivity index (χ2v) is 6.57. The van der Waals surface area contributed by atoms with Gasteiger partial charge in [0, 0.05) is 19.5 Å². The number of aliphatic imine (C=N–C) groups is 1. The summed E-state index contributed by atoms with van der Waals surface area (Å²) in [4.78, 5) is 30.7. The number of amidine groups is 1. The molecule has 1 aliphatic heterocycles. The third kappa shape index (κ3) is 4.08. The van der Waals surface area contributed by atoms with E-state index in [1.165, 1.54) is 11.8 Å². The third-order valence-corrected chi connectivity index (χ3v) is 4.84. The van der Waals surface area contributed by atoms with Gasteiger partial charge in [0.2, 0.25) is 11.8 Å². The number of anilines is 1. The standard InChI is InChI=1S/C17H23N3O3S/c1-5-18-17-20(6-2)16(22)14(24-17)10-15(21)19-12-9-11(3)7-8-13(12)23-4/h7-9,14H,5-6,10H2,1-4H3,(H,19,21). The van der Waals surface area contributed by atoms with Crippen molar-refractivity contribution in [2.75, 3.05) is 25.5 Å². The van der Waals surface area contributed by atoms with Crippen molar-refractivity contribution in [3.63, 3.8) is 0 Å². The smallest absolute Gasteiger partial charge is 0.242 e. The number of hydrogen-bond donors (Lipinski definition) is 1. The van der Waals surface area contributed by atoms with Crippen LogP contribution in [0.1, 0.15) is 25.8 Å². The molecule has 1 atom stereocenters. The van der Waals surface area contributed by atoms with Gasteiger partial charge < -0.3 is 10.1 Å². The lowest BCUT2D eigenvalue weighted by Gasteiger charge is -2.13. The largest absolute Gasteiger partial charge is 0.495 e. The molecule has 1 fully saturated rings. The van der Waals surface area contributed by atoms with Crippen molar-refractivity contribution in [3.05, 3.63) is 23.8 Å². The zero-order chi connectivity index (χ0) is 17.7. The fourth-order valence-corrected chi connectivity index (χ4v) is 3.74. The van der Waals surface area contributed by atoms with Gasteiger partial charge in [-0.25, -0.2) is 0 Å². The van der Waals surface area contributed by atoms with E-state index in [1.54, 1.807) is 12.0 Å². The Labute approximate surface area is 146 Å². The molecule has 130 valence electrons. The molecule has 2 rings (SSSR count). The van der Waals surface area contributed by atoms with Crippen molar-refractivity contribution in [2.24, 2.45) is 4.99 Å². The number of hydrogen-bond acceptors (Lipinski definition) is 5. The normalized spacial score (nSPS) is 19.0. The van der Waals surface area contributed by atoms with Crippen LogP contribution >= 0.6 is 11.8 Å². The second kappa shape index (κ2) is 8.19. The molecule has 0 aromatic heterocycles. The number of ether oxygens (including phenoxy) is 1. The van der Waals surface area contributed by atoms with Crippen LogP contribution in [0.2, 0.25) is 0 Å². The summed E-state index contributed by atoms with van der Waals surface area (Å²) in [5.74, 6) is 0.336. The highest BCUT2D eigenvalue weighted by molar-refractivity contribution is 8.15. The number of carbonyl (C=O) groups is 2. The minimum atomic E-state index is -0.425. The van der Waals surface area contributed by atoms with Crippen LogP contribution in [0.3, 0.4) is 0 Å². The average molecular weight is 349 g/mol. The summed E-state index contributed by atoms with van der Waals surface area (Å²) < 4.78 is 5.26. The van der Waals surface area contributed by atoms with Crippen LogP contribution in [-0.2, 0) is 9.59 Å². The van der Waals surface area contributed by atoms with E-state index in [-0.39, 0.29) is 18.2 Å². The zero-order valence-corrected chi connectivity index (χ0v) is 15.3. The van der Waals surface area contributed by atoms with E-state index >= 15 is 0 Å². The van der Waals surface area contributed by atoms with Crippen LogP contribution in [0.15, 0.2) is 23.2 Å². The first kappa shape index (κ1) is 18.3. The highest BCUT2D eigenvalue weighted by Crippen LogP contribution is 2.30. The molecule has 7 heteroatoms. The molecule has 1 aliphatic rings. The Morgan fingerprint density at radius 3 is 2.79 bits per heavy atom. The summed E-state index contributed by atoms with van der Waals surface area (Å²) in [6, 6.07) is 5.57. The number of thioether (sulfide) groups is 1. The van der Waals surface area contributed by atoms with Crippen LogP contribution in [0, 0.1) is 6.92 Å². The second-order valence-electron chi connectivity index (χ2n) is 5.40. The molecular formula is C17H23N3O3S. The Balaban J connectivity index is 2.06. The minimum Gasteiger partial charge on any atom is -0.495 e. The molecule has 0 saturated carbocycles. The summed E-state index contributed by atoms with van der Waals surface area (Å²) in [5, 5.41) is 3.12. The number of aryl methyl sites for hydroxylation is 1. The number of carbonyl (C=O) groups excluding carboxylic acids is 2. The van der Waals surface area contributed by atoms with Crippen LogP contribution in [-0.4, -0.2) is 47.3 Å². The quantitative estimate of drug-likeness (QED) is 0.857.